The zero-order valence-corrected chi connectivity index (χ0v) is 17.4. The molecule has 0 saturated heterocycles. The fourth-order valence-electron chi connectivity index (χ4n) is 2.95. The van der Waals surface area contributed by atoms with E-state index in [9.17, 15) is 30.3 Å². The van der Waals surface area contributed by atoms with Gasteiger partial charge in [-0.2, -0.15) is 5.26 Å². The summed E-state index contributed by atoms with van der Waals surface area (Å²) in [5.41, 5.74) is 0.220. The van der Waals surface area contributed by atoms with Crippen LogP contribution in [0.3, 0.4) is 0 Å². The first-order valence-electron chi connectivity index (χ1n) is 9.34. The highest BCUT2D eigenvalue weighted by Gasteiger charge is 2.19. The Bertz CT molecular complexity index is 1330. The molecular formula is C22H16N4O7. The molecule has 1 aromatic heterocycles. The third-order valence-corrected chi connectivity index (χ3v) is 4.54. The molecule has 2 aromatic carbocycles. The lowest BCUT2D eigenvalue weighted by atomic mass is 10.1. The van der Waals surface area contributed by atoms with Gasteiger partial charge in [0.2, 0.25) is 0 Å². The van der Waals surface area contributed by atoms with Gasteiger partial charge in [-0.15, -0.1) is 0 Å². The molecule has 0 unspecified atom stereocenters. The van der Waals surface area contributed by atoms with Crippen LogP contribution >= 0.6 is 0 Å². The van der Waals surface area contributed by atoms with Crippen LogP contribution in [0, 0.1) is 38.5 Å². The minimum atomic E-state index is -0.852. The molecule has 0 fully saturated rings. The van der Waals surface area contributed by atoms with Crippen molar-refractivity contribution >= 4 is 29.0 Å². The van der Waals surface area contributed by atoms with Gasteiger partial charge in [0, 0.05) is 18.2 Å². The Morgan fingerprint density at radius 3 is 2.52 bits per heavy atom. The van der Waals surface area contributed by atoms with Crippen LogP contribution in [0.1, 0.15) is 11.3 Å². The van der Waals surface area contributed by atoms with E-state index in [1.54, 1.807) is 25.1 Å². The molecule has 0 aliphatic carbocycles. The number of carbonyl (C=O) groups excluding carboxylic acids is 1. The highest BCUT2D eigenvalue weighted by molar-refractivity contribution is 6.10. The summed E-state index contributed by atoms with van der Waals surface area (Å²) in [5, 5.41) is 34.0. The number of nitriles is 1. The van der Waals surface area contributed by atoms with Gasteiger partial charge < -0.3 is 14.5 Å². The number of nitro benzene ring substituents is 2. The molecule has 11 nitrogen and oxygen atoms in total. The predicted molar refractivity (Wildman–Crippen MR) is 117 cm³/mol. The average molecular weight is 448 g/mol. The molecule has 1 N–H and O–H groups in total. The van der Waals surface area contributed by atoms with Crippen LogP contribution in [0.5, 0.6) is 5.75 Å². The Hall–Kier alpha value is -4.98. The van der Waals surface area contributed by atoms with Crippen molar-refractivity contribution in [2.24, 2.45) is 0 Å². The Morgan fingerprint density at radius 2 is 1.88 bits per heavy atom. The van der Waals surface area contributed by atoms with Crippen LogP contribution in [0.25, 0.3) is 17.4 Å². The second kappa shape index (κ2) is 9.44. The van der Waals surface area contributed by atoms with Crippen molar-refractivity contribution in [1.29, 1.82) is 5.26 Å². The summed E-state index contributed by atoms with van der Waals surface area (Å²) in [6, 6.07) is 13.1. The summed E-state index contributed by atoms with van der Waals surface area (Å²) in [6.45, 7) is 1.67. The van der Waals surface area contributed by atoms with E-state index in [2.05, 4.69) is 5.32 Å². The fourth-order valence-corrected chi connectivity index (χ4v) is 2.95. The predicted octanol–water partition coefficient (Wildman–Crippen LogP) is 4.63. The minimum absolute atomic E-state index is 0.0486. The van der Waals surface area contributed by atoms with Gasteiger partial charge in [-0.1, -0.05) is 6.07 Å². The number of carbonyl (C=O) groups is 1. The average Bonchev–Trinajstić information content (AvgIpc) is 3.26. The first-order chi connectivity index (χ1) is 15.7. The van der Waals surface area contributed by atoms with Gasteiger partial charge in [0.15, 0.2) is 0 Å². The van der Waals surface area contributed by atoms with E-state index in [1.807, 2.05) is 0 Å². The number of furan rings is 1. The number of nitro groups is 2. The van der Waals surface area contributed by atoms with Crippen molar-refractivity contribution in [3.63, 3.8) is 0 Å². The summed E-state index contributed by atoms with van der Waals surface area (Å²) in [4.78, 5) is 33.6. The smallest absolute Gasteiger partial charge is 0.293 e. The number of anilines is 1. The van der Waals surface area contributed by atoms with E-state index < -0.39 is 15.8 Å². The van der Waals surface area contributed by atoms with Gasteiger partial charge in [-0.3, -0.25) is 25.0 Å². The van der Waals surface area contributed by atoms with Crippen molar-refractivity contribution in [3.8, 4) is 23.1 Å². The van der Waals surface area contributed by atoms with Gasteiger partial charge in [0.05, 0.1) is 28.6 Å². The van der Waals surface area contributed by atoms with E-state index in [1.165, 1.54) is 49.6 Å². The van der Waals surface area contributed by atoms with Crippen molar-refractivity contribution < 1.29 is 23.8 Å². The normalized spacial score (nSPS) is 10.9. The lowest BCUT2D eigenvalue weighted by Crippen LogP contribution is -2.14. The third kappa shape index (κ3) is 5.02. The van der Waals surface area contributed by atoms with Crippen LogP contribution in [0.2, 0.25) is 0 Å². The third-order valence-electron chi connectivity index (χ3n) is 4.54. The first kappa shape index (κ1) is 22.7. The fraction of sp³-hybridized carbons (Fsp3) is 0.0909. The number of aryl methyl sites for hydroxylation is 1. The number of rotatable bonds is 7. The molecule has 0 radical (unpaired) electrons. The Kier molecular flexibility index (Phi) is 6.49. The number of amides is 1. The number of benzene rings is 2. The standard InChI is InChI=1S/C22H16N4O7/c1-13-3-7-18(19(9-13)26(30)31)24-22(27)14(12-23)10-16-5-8-20(33-16)17-6-4-15(25(28)29)11-21(17)32-2/h3-11H,1-2H3,(H,24,27)/b14-10+. The molecule has 0 saturated carbocycles. The molecule has 0 atom stereocenters. The van der Waals surface area contributed by atoms with Gasteiger partial charge in [-0.05, 0) is 36.8 Å². The summed E-state index contributed by atoms with van der Waals surface area (Å²) < 4.78 is 10.9. The van der Waals surface area contributed by atoms with E-state index >= 15 is 0 Å². The van der Waals surface area contributed by atoms with Crippen LogP contribution < -0.4 is 10.1 Å². The van der Waals surface area contributed by atoms with E-state index in [0.29, 0.717) is 16.9 Å². The quantitative estimate of drug-likeness (QED) is 0.237. The highest BCUT2D eigenvalue weighted by Crippen LogP contribution is 2.34. The second-order valence-corrected chi connectivity index (χ2v) is 6.75. The topological polar surface area (TPSA) is 162 Å². The van der Waals surface area contributed by atoms with Crippen molar-refractivity contribution in [3.05, 3.63) is 85.7 Å². The first-order valence-corrected chi connectivity index (χ1v) is 9.34. The largest absolute Gasteiger partial charge is 0.496 e. The molecule has 33 heavy (non-hydrogen) atoms. The molecule has 3 rings (SSSR count). The van der Waals surface area contributed by atoms with Crippen LogP contribution in [0.4, 0.5) is 17.1 Å². The van der Waals surface area contributed by atoms with Gasteiger partial charge in [0.25, 0.3) is 17.3 Å². The molecule has 3 aromatic rings. The zero-order valence-electron chi connectivity index (χ0n) is 17.4. The number of nitrogens with one attached hydrogen (secondary N) is 1. The number of methoxy groups -OCH3 is 1. The van der Waals surface area contributed by atoms with Gasteiger partial charge in [0.1, 0.15) is 34.6 Å². The highest BCUT2D eigenvalue weighted by atomic mass is 16.6. The molecule has 166 valence electrons. The van der Waals surface area contributed by atoms with Gasteiger partial charge in [-0.25, -0.2) is 0 Å². The monoisotopic (exact) mass is 448 g/mol. The summed E-state index contributed by atoms with van der Waals surface area (Å²) >= 11 is 0. The molecular weight excluding hydrogens is 432 g/mol. The number of hydrogen-bond donors (Lipinski definition) is 1. The maximum Gasteiger partial charge on any atom is 0.293 e. The summed E-state index contributed by atoms with van der Waals surface area (Å²) in [6.07, 6.45) is 1.18. The Morgan fingerprint density at radius 1 is 1.12 bits per heavy atom. The summed E-state index contributed by atoms with van der Waals surface area (Å²) in [7, 11) is 1.36. The molecule has 1 amide bonds. The lowest BCUT2D eigenvalue weighted by molar-refractivity contribution is -0.384. The molecule has 11 heteroatoms. The zero-order chi connectivity index (χ0) is 24.1. The minimum Gasteiger partial charge on any atom is -0.496 e. The number of hydrogen-bond acceptors (Lipinski definition) is 8. The van der Waals surface area contributed by atoms with Crippen LogP contribution in [-0.2, 0) is 4.79 Å². The van der Waals surface area contributed by atoms with Crippen molar-refractivity contribution in [2.75, 3.05) is 12.4 Å². The van der Waals surface area contributed by atoms with Crippen LogP contribution in [0.15, 0.2) is 58.5 Å². The van der Waals surface area contributed by atoms with E-state index in [0.717, 1.165) is 0 Å². The second-order valence-electron chi connectivity index (χ2n) is 6.75. The lowest BCUT2D eigenvalue weighted by Gasteiger charge is -2.06. The van der Waals surface area contributed by atoms with Crippen molar-refractivity contribution in [2.45, 2.75) is 6.92 Å². The van der Waals surface area contributed by atoms with E-state index in [-0.39, 0.29) is 34.1 Å². The number of nitrogens with zero attached hydrogens (tertiary/aromatic N) is 3. The molecule has 1 heterocycles. The molecule has 0 spiro atoms. The maximum absolute atomic E-state index is 12.5. The van der Waals surface area contributed by atoms with Crippen molar-refractivity contribution in [1.82, 2.24) is 0 Å². The SMILES string of the molecule is COc1cc([N+](=O)[O-])ccc1-c1ccc(/C=C(\C#N)C(=O)Nc2ccc(C)cc2[N+](=O)[O-])o1. The van der Waals surface area contributed by atoms with Gasteiger partial charge >= 0.3 is 0 Å². The Balaban J connectivity index is 1.88. The van der Waals surface area contributed by atoms with E-state index in [4.69, 9.17) is 9.15 Å². The maximum atomic E-state index is 12.5. The number of non-ortho nitro benzene ring substituents is 1. The molecule has 0 bridgehead atoms. The summed E-state index contributed by atoms with van der Waals surface area (Å²) in [5.74, 6) is -0.204. The Labute approximate surface area is 186 Å². The number of ether oxygens (including phenoxy) is 1. The molecule has 0 aliphatic heterocycles. The molecule has 0 aliphatic rings. The van der Waals surface area contributed by atoms with Crippen LogP contribution in [-0.4, -0.2) is 22.9 Å².